The van der Waals surface area contributed by atoms with Crippen LogP contribution >= 0.6 is 11.8 Å². The molecule has 0 spiro atoms. The summed E-state index contributed by atoms with van der Waals surface area (Å²) in [6, 6.07) is 17.7. The van der Waals surface area contributed by atoms with Crippen molar-refractivity contribution in [3.8, 4) is 23.0 Å². The highest BCUT2D eigenvalue weighted by Crippen LogP contribution is 2.35. The molecule has 1 heterocycles. The predicted molar refractivity (Wildman–Crippen MR) is 135 cm³/mol. The van der Waals surface area contributed by atoms with Gasteiger partial charge in [0.1, 0.15) is 0 Å². The zero-order chi connectivity index (χ0) is 24.8. The molecule has 9 heteroatoms. The van der Waals surface area contributed by atoms with E-state index in [9.17, 15) is 9.59 Å². The number of hydrogen-bond donors (Lipinski definition) is 2. The van der Waals surface area contributed by atoms with Crippen LogP contribution in [0.5, 0.6) is 23.0 Å². The van der Waals surface area contributed by atoms with Gasteiger partial charge >= 0.3 is 0 Å². The summed E-state index contributed by atoms with van der Waals surface area (Å²) in [4.78, 5) is 26.5. The standard InChI is InChI=1S/C26H26N2O6S/c1-4-24(26(30)28-18-9-11-21-23(14-18)34-15-33-21)35-19-7-5-6-17(13-19)27-25(29)16-8-10-20(31-2)22(12-16)32-3/h5-14,24H,4,15H2,1-3H3,(H,27,29)(H,28,30). The van der Waals surface area contributed by atoms with E-state index in [0.29, 0.717) is 46.4 Å². The summed E-state index contributed by atoms with van der Waals surface area (Å²) in [6.45, 7) is 2.14. The number of rotatable bonds is 9. The molecule has 2 N–H and O–H groups in total. The maximum absolute atomic E-state index is 12.9. The third kappa shape index (κ3) is 5.81. The van der Waals surface area contributed by atoms with E-state index in [1.54, 1.807) is 49.6 Å². The largest absolute Gasteiger partial charge is 0.493 e. The molecular formula is C26H26N2O6S. The van der Waals surface area contributed by atoms with Crippen molar-refractivity contribution in [1.29, 1.82) is 0 Å². The van der Waals surface area contributed by atoms with Crippen LogP contribution in [0.4, 0.5) is 11.4 Å². The number of amides is 2. The van der Waals surface area contributed by atoms with Crippen LogP contribution in [0.1, 0.15) is 23.7 Å². The maximum atomic E-state index is 12.9. The lowest BCUT2D eigenvalue weighted by Gasteiger charge is -2.16. The SMILES string of the molecule is CCC(Sc1cccc(NC(=O)c2ccc(OC)c(OC)c2)c1)C(=O)Nc1ccc2c(c1)OCO2. The lowest BCUT2D eigenvalue weighted by molar-refractivity contribution is -0.115. The molecule has 35 heavy (non-hydrogen) atoms. The number of hydrogen-bond acceptors (Lipinski definition) is 7. The van der Waals surface area contributed by atoms with Crippen LogP contribution in [-0.2, 0) is 4.79 Å². The van der Waals surface area contributed by atoms with Crippen molar-refractivity contribution in [1.82, 2.24) is 0 Å². The molecule has 182 valence electrons. The Hall–Kier alpha value is -3.85. The van der Waals surface area contributed by atoms with Gasteiger partial charge < -0.3 is 29.6 Å². The van der Waals surface area contributed by atoms with Crippen molar-refractivity contribution in [3.05, 3.63) is 66.2 Å². The van der Waals surface area contributed by atoms with E-state index in [0.717, 1.165) is 4.90 Å². The van der Waals surface area contributed by atoms with Crippen molar-refractivity contribution >= 4 is 35.0 Å². The summed E-state index contributed by atoms with van der Waals surface area (Å²) in [5.41, 5.74) is 1.71. The topological polar surface area (TPSA) is 95.1 Å². The third-order valence-electron chi connectivity index (χ3n) is 5.32. The van der Waals surface area contributed by atoms with Crippen LogP contribution in [0.25, 0.3) is 0 Å². The highest BCUT2D eigenvalue weighted by Gasteiger charge is 2.20. The average molecular weight is 495 g/mol. The summed E-state index contributed by atoms with van der Waals surface area (Å²) < 4.78 is 21.2. The first-order valence-corrected chi connectivity index (χ1v) is 11.9. The van der Waals surface area contributed by atoms with E-state index in [1.165, 1.54) is 18.9 Å². The number of carbonyl (C=O) groups is 2. The van der Waals surface area contributed by atoms with Crippen LogP contribution in [0, 0.1) is 0 Å². The van der Waals surface area contributed by atoms with E-state index < -0.39 is 0 Å². The highest BCUT2D eigenvalue weighted by atomic mass is 32.2. The minimum atomic E-state index is -0.322. The molecule has 0 aromatic heterocycles. The molecule has 1 aliphatic heterocycles. The van der Waals surface area contributed by atoms with Gasteiger partial charge in [-0.25, -0.2) is 0 Å². The smallest absolute Gasteiger partial charge is 0.255 e. The van der Waals surface area contributed by atoms with Crippen molar-refractivity contribution in [2.24, 2.45) is 0 Å². The summed E-state index contributed by atoms with van der Waals surface area (Å²) in [5, 5.41) is 5.52. The normalized spacial score (nSPS) is 12.5. The van der Waals surface area contributed by atoms with Gasteiger partial charge in [0.25, 0.3) is 5.91 Å². The first kappa shape index (κ1) is 24.3. The molecule has 1 aliphatic rings. The molecule has 0 saturated heterocycles. The summed E-state index contributed by atoms with van der Waals surface area (Å²) >= 11 is 1.43. The number of thioether (sulfide) groups is 1. The average Bonchev–Trinajstić information content (AvgIpc) is 3.35. The molecule has 8 nitrogen and oxygen atoms in total. The number of benzene rings is 3. The van der Waals surface area contributed by atoms with E-state index in [-0.39, 0.29) is 23.9 Å². The number of anilines is 2. The van der Waals surface area contributed by atoms with Gasteiger partial charge in [0.2, 0.25) is 12.7 Å². The zero-order valence-corrected chi connectivity index (χ0v) is 20.4. The van der Waals surface area contributed by atoms with E-state index in [1.807, 2.05) is 25.1 Å². The van der Waals surface area contributed by atoms with Gasteiger partial charge in [-0.3, -0.25) is 9.59 Å². The maximum Gasteiger partial charge on any atom is 0.255 e. The fourth-order valence-electron chi connectivity index (χ4n) is 3.51. The van der Waals surface area contributed by atoms with Gasteiger partial charge in [-0.1, -0.05) is 13.0 Å². The highest BCUT2D eigenvalue weighted by molar-refractivity contribution is 8.00. The summed E-state index contributed by atoms with van der Waals surface area (Å²) in [7, 11) is 3.06. The Balaban J connectivity index is 1.41. The van der Waals surface area contributed by atoms with Crippen molar-refractivity contribution in [2.75, 3.05) is 31.6 Å². The van der Waals surface area contributed by atoms with Crippen molar-refractivity contribution < 1.29 is 28.5 Å². The minimum Gasteiger partial charge on any atom is -0.493 e. The lowest BCUT2D eigenvalue weighted by Crippen LogP contribution is -2.24. The summed E-state index contributed by atoms with van der Waals surface area (Å²) in [5.74, 6) is 1.91. The van der Waals surface area contributed by atoms with Gasteiger partial charge in [0, 0.05) is 27.9 Å². The molecule has 3 aromatic carbocycles. The monoisotopic (exact) mass is 494 g/mol. The second kappa shape index (κ2) is 11.1. The second-order valence-corrected chi connectivity index (χ2v) is 8.90. The fraction of sp³-hybridized carbons (Fsp3) is 0.231. The zero-order valence-electron chi connectivity index (χ0n) is 19.6. The Labute approximate surface area is 207 Å². The van der Waals surface area contributed by atoms with Gasteiger partial charge in [0.05, 0.1) is 19.5 Å². The fourth-order valence-corrected chi connectivity index (χ4v) is 4.52. The first-order chi connectivity index (χ1) is 17.0. The Morgan fingerprint density at radius 3 is 2.46 bits per heavy atom. The molecule has 0 bridgehead atoms. The second-order valence-electron chi connectivity index (χ2n) is 7.62. The van der Waals surface area contributed by atoms with E-state index in [2.05, 4.69) is 10.6 Å². The van der Waals surface area contributed by atoms with Crippen molar-refractivity contribution in [3.63, 3.8) is 0 Å². The Kier molecular flexibility index (Phi) is 7.67. The molecular weight excluding hydrogens is 468 g/mol. The molecule has 3 aromatic rings. The van der Waals surface area contributed by atoms with Crippen LogP contribution in [0.15, 0.2) is 65.6 Å². The summed E-state index contributed by atoms with van der Waals surface area (Å²) in [6.07, 6.45) is 0.628. The first-order valence-electron chi connectivity index (χ1n) is 11.0. The Morgan fingerprint density at radius 1 is 0.914 bits per heavy atom. The minimum absolute atomic E-state index is 0.115. The predicted octanol–water partition coefficient (Wildman–Crippen LogP) is 5.19. The molecule has 0 saturated carbocycles. The van der Waals surface area contributed by atoms with Crippen LogP contribution in [0.2, 0.25) is 0 Å². The van der Waals surface area contributed by atoms with Gasteiger partial charge in [-0.2, -0.15) is 0 Å². The Morgan fingerprint density at radius 2 is 1.69 bits per heavy atom. The lowest BCUT2D eigenvalue weighted by atomic mass is 10.2. The molecule has 4 rings (SSSR count). The molecule has 0 fully saturated rings. The number of methoxy groups -OCH3 is 2. The number of fused-ring (bicyclic) bond motifs is 1. The number of nitrogens with one attached hydrogen (secondary N) is 2. The molecule has 1 atom stereocenters. The number of carbonyl (C=O) groups excluding carboxylic acids is 2. The third-order valence-corrected chi connectivity index (χ3v) is 6.68. The van der Waals surface area contributed by atoms with E-state index in [4.69, 9.17) is 18.9 Å². The quantitative estimate of drug-likeness (QED) is 0.395. The van der Waals surface area contributed by atoms with Gasteiger partial charge in [-0.05, 0) is 55.0 Å². The van der Waals surface area contributed by atoms with Crippen LogP contribution in [0.3, 0.4) is 0 Å². The van der Waals surface area contributed by atoms with E-state index >= 15 is 0 Å². The molecule has 1 unspecified atom stereocenters. The molecule has 0 aliphatic carbocycles. The van der Waals surface area contributed by atoms with Crippen LogP contribution in [-0.4, -0.2) is 38.1 Å². The van der Waals surface area contributed by atoms with Gasteiger partial charge in [-0.15, -0.1) is 11.8 Å². The molecule has 2 amide bonds. The van der Waals surface area contributed by atoms with Crippen LogP contribution < -0.4 is 29.6 Å². The van der Waals surface area contributed by atoms with Crippen molar-refractivity contribution in [2.45, 2.75) is 23.5 Å². The Bertz CT molecular complexity index is 1230. The molecule has 0 radical (unpaired) electrons. The van der Waals surface area contributed by atoms with Gasteiger partial charge in [0.15, 0.2) is 23.0 Å². The number of ether oxygens (including phenoxy) is 4.